The van der Waals surface area contributed by atoms with Crippen molar-refractivity contribution < 1.29 is 4.92 Å². The van der Waals surface area contributed by atoms with Crippen molar-refractivity contribution in [3.05, 3.63) is 73.3 Å². The van der Waals surface area contributed by atoms with E-state index in [0.29, 0.717) is 16.5 Å². The molecule has 1 aromatic rings. The highest BCUT2D eigenvalue weighted by atomic mass is 35.5. The van der Waals surface area contributed by atoms with E-state index in [4.69, 9.17) is 23.2 Å². The van der Waals surface area contributed by atoms with Gasteiger partial charge in [-0.3, -0.25) is 15.0 Å². The number of nitro groups is 1. The maximum atomic E-state index is 10.7. The van der Waals surface area contributed by atoms with Crippen molar-refractivity contribution >= 4 is 28.9 Å². The summed E-state index contributed by atoms with van der Waals surface area (Å²) in [6.45, 7) is 2.53. The zero-order valence-electron chi connectivity index (χ0n) is 12.5. The maximum Gasteiger partial charge on any atom is 0.269 e. The predicted octanol–water partition coefficient (Wildman–Crippen LogP) is 4.75. The van der Waals surface area contributed by atoms with Gasteiger partial charge in [-0.05, 0) is 29.2 Å². The topological polar surface area (TPSA) is 46.4 Å². The van der Waals surface area contributed by atoms with Gasteiger partial charge in [0.15, 0.2) is 0 Å². The Morgan fingerprint density at radius 2 is 1.91 bits per heavy atom. The van der Waals surface area contributed by atoms with Crippen molar-refractivity contribution in [3.8, 4) is 0 Å². The summed E-state index contributed by atoms with van der Waals surface area (Å²) >= 11 is 12.3. The molecule has 0 bridgehead atoms. The van der Waals surface area contributed by atoms with Crippen molar-refractivity contribution in [3.63, 3.8) is 0 Å². The molecule has 0 saturated carbocycles. The lowest BCUT2D eigenvalue weighted by molar-refractivity contribution is -0.384. The number of allylic oxidation sites excluding steroid dienone is 4. The number of nitrogens with zero attached hydrogens (tertiary/aromatic N) is 2. The molecule has 1 aromatic carbocycles. The summed E-state index contributed by atoms with van der Waals surface area (Å²) in [4.78, 5) is 12.6. The van der Waals surface area contributed by atoms with E-state index in [1.165, 1.54) is 11.1 Å². The Hall–Kier alpha value is -1.62. The van der Waals surface area contributed by atoms with Crippen molar-refractivity contribution in [2.45, 2.75) is 19.4 Å². The number of benzene rings is 1. The molecule has 3 rings (SSSR count). The van der Waals surface area contributed by atoms with Crippen LogP contribution < -0.4 is 0 Å². The highest BCUT2D eigenvalue weighted by Crippen LogP contribution is 2.35. The smallest absolute Gasteiger partial charge is 0.269 e. The van der Waals surface area contributed by atoms with Gasteiger partial charge in [-0.25, -0.2) is 0 Å². The van der Waals surface area contributed by atoms with Crippen LogP contribution in [0, 0.1) is 10.1 Å². The number of hydrogen-bond donors (Lipinski definition) is 0. The number of nitro benzene ring substituents is 1. The molecule has 0 atom stereocenters. The van der Waals surface area contributed by atoms with Gasteiger partial charge in [0.25, 0.3) is 5.69 Å². The third-order valence-corrected chi connectivity index (χ3v) is 4.94. The van der Waals surface area contributed by atoms with E-state index < -0.39 is 0 Å². The zero-order valence-corrected chi connectivity index (χ0v) is 14.0. The van der Waals surface area contributed by atoms with Crippen molar-refractivity contribution in [2.75, 3.05) is 13.1 Å². The Labute approximate surface area is 144 Å². The molecule has 0 unspecified atom stereocenters. The number of rotatable bonds is 3. The van der Waals surface area contributed by atoms with Crippen LogP contribution in [0.25, 0.3) is 0 Å². The number of halogens is 2. The predicted molar refractivity (Wildman–Crippen MR) is 92.5 cm³/mol. The number of hydrogen-bond acceptors (Lipinski definition) is 3. The van der Waals surface area contributed by atoms with Crippen LogP contribution in [0.1, 0.15) is 18.4 Å². The molecule has 0 spiro atoms. The summed E-state index contributed by atoms with van der Waals surface area (Å²) in [5.74, 6) is 0. The minimum Gasteiger partial charge on any atom is -0.295 e. The summed E-state index contributed by atoms with van der Waals surface area (Å²) < 4.78 is 0. The quantitative estimate of drug-likeness (QED) is 0.583. The molecule has 1 aliphatic heterocycles. The van der Waals surface area contributed by atoms with Crippen LogP contribution in [0.15, 0.2) is 57.6 Å². The van der Waals surface area contributed by atoms with Gasteiger partial charge < -0.3 is 0 Å². The second kappa shape index (κ2) is 6.87. The molecule has 0 saturated heterocycles. The first-order chi connectivity index (χ1) is 11.0. The Kier molecular flexibility index (Phi) is 4.85. The SMILES string of the molecule is O=[N+]([O-])c1ccc(CN2CC=C3CC(Cl)=C(Cl)C=C3CC2)cc1. The molecule has 2 aliphatic rings. The van der Waals surface area contributed by atoms with Gasteiger partial charge in [0.1, 0.15) is 0 Å². The first-order valence-corrected chi connectivity index (χ1v) is 8.18. The van der Waals surface area contributed by atoms with Gasteiger partial charge >= 0.3 is 0 Å². The summed E-state index contributed by atoms with van der Waals surface area (Å²) in [5.41, 5.74) is 3.71. The Bertz CT molecular complexity index is 721. The van der Waals surface area contributed by atoms with Crippen molar-refractivity contribution in [1.29, 1.82) is 0 Å². The molecule has 0 amide bonds. The Morgan fingerprint density at radius 3 is 2.61 bits per heavy atom. The minimum absolute atomic E-state index is 0.123. The van der Waals surface area contributed by atoms with Gasteiger partial charge in [0.05, 0.1) is 9.96 Å². The summed E-state index contributed by atoms with van der Waals surface area (Å²) in [6, 6.07) is 6.74. The van der Waals surface area contributed by atoms with Crippen LogP contribution in [0.2, 0.25) is 0 Å². The van der Waals surface area contributed by atoms with E-state index in [1.807, 2.05) is 18.2 Å². The molecule has 0 fully saturated rings. The van der Waals surface area contributed by atoms with Crippen molar-refractivity contribution in [2.24, 2.45) is 0 Å². The van der Waals surface area contributed by atoms with Crippen LogP contribution in [0.4, 0.5) is 5.69 Å². The lowest BCUT2D eigenvalue weighted by atomic mass is 9.96. The fourth-order valence-corrected chi connectivity index (χ4v) is 3.26. The third-order valence-electron chi connectivity index (χ3n) is 4.16. The van der Waals surface area contributed by atoms with Crippen LogP contribution >= 0.6 is 23.2 Å². The molecular weight excluding hydrogens is 335 g/mol. The van der Waals surface area contributed by atoms with E-state index in [2.05, 4.69) is 11.0 Å². The first-order valence-electron chi connectivity index (χ1n) is 7.43. The molecule has 0 radical (unpaired) electrons. The molecule has 1 heterocycles. The summed E-state index contributed by atoms with van der Waals surface area (Å²) in [7, 11) is 0. The van der Waals surface area contributed by atoms with E-state index in [-0.39, 0.29) is 10.6 Å². The molecular formula is C17H16Cl2N2O2. The number of fused-ring (bicyclic) bond motifs is 1. The fourth-order valence-electron chi connectivity index (χ4n) is 2.86. The molecule has 0 N–H and O–H groups in total. The van der Waals surface area contributed by atoms with Crippen LogP contribution in [0.5, 0.6) is 0 Å². The lowest BCUT2D eigenvalue weighted by Crippen LogP contribution is -2.23. The monoisotopic (exact) mass is 350 g/mol. The molecule has 6 heteroatoms. The van der Waals surface area contributed by atoms with Crippen LogP contribution in [0.3, 0.4) is 0 Å². The maximum absolute atomic E-state index is 10.7. The third kappa shape index (κ3) is 3.83. The molecule has 120 valence electrons. The highest BCUT2D eigenvalue weighted by Gasteiger charge is 2.19. The van der Waals surface area contributed by atoms with E-state index in [9.17, 15) is 10.1 Å². The molecule has 1 aliphatic carbocycles. The lowest BCUT2D eigenvalue weighted by Gasteiger charge is -2.19. The first kappa shape index (κ1) is 16.2. The minimum atomic E-state index is -0.377. The van der Waals surface area contributed by atoms with Gasteiger partial charge in [0, 0.05) is 43.2 Å². The molecule has 4 nitrogen and oxygen atoms in total. The molecule has 0 aromatic heterocycles. The standard InChI is InChI=1S/C17H16Cl2N2O2/c18-16-9-13-5-7-20(8-6-14(13)10-17(16)19)11-12-1-3-15(4-2-12)21(22)23/h1-5,10H,6-9,11H2. The fraction of sp³-hybridized carbons (Fsp3) is 0.294. The largest absolute Gasteiger partial charge is 0.295 e. The second-order valence-electron chi connectivity index (χ2n) is 5.74. The Balaban J connectivity index is 1.68. The van der Waals surface area contributed by atoms with E-state index >= 15 is 0 Å². The van der Waals surface area contributed by atoms with Gasteiger partial charge in [-0.15, -0.1) is 0 Å². The van der Waals surface area contributed by atoms with Crippen LogP contribution in [-0.4, -0.2) is 22.9 Å². The normalized spacial score (nSPS) is 18.9. The van der Waals surface area contributed by atoms with Gasteiger partial charge in [0.2, 0.25) is 0 Å². The van der Waals surface area contributed by atoms with Crippen LogP contribution in [-0.2, 0) is 6.54 Å². The highest BCUT2D eigenvalue weighted by molar-refractivity contribution is 6.40. The van der Waals surface area contributed by atoms with Gasteiger partial charge in [-0.2, -0.15) is 0 Å². The van der Waals surface area contributed by atoms with E-state index in [0.717, 1.165) is 31.6 Å². The molecule has 23 heavy (non-hydrogen) atoms. The number of non-ortho nitro benzene ring substituents is 1. The summed E-state index contributed by atoms with van der Waals surface area (Å²) in [5, 5.41) is 12.0. The van der Waals surface area contributed by atoms with Crippen molar-refractivity contribution in [1.82, 2.24) is 4.90 Å². The van der Waals surface area contributed by atoms with Gasteiger partial charge in [-0.1, -0.05) is 41.4 Å². The Morgan fingerprint density at radius 1 is 1.17 bits per heavy atom. The second-order valence-corrected chi connectivity index (χ2v) is 6.60. The van der Waals surface area contributed by atoms with E-state index in [1.54, 1.807) is 12.1 Å². The average molecular weight is 351 g/mol. The average Bonchev–Trinajstić information content (AvgIpc) is 2.71. The zero-order chi connectivity index (χ0) is 16.4. The summed E-state index contributed by atoms with van der Waals surface area (Å²) in [6.07, 6.45) is 5.81.